The molecule has 7 nitrogen and oxygen atoms in total. The Labute approximate surface area is 153 Å². The van der Waals surface area contributed by atoms with Gasteiger partial charge in [0.1, 0.15) is 5.54 Å². The van der Waals surface area contributed by atoms with E-state index in [1.807, 2.05) is 52.9 Å². The van der Waals surface area contributed by atoms with Gasteiger partial charge in [-0.15, -0.1) is 4.57 Å². The minimum Gasteiger partial charge on any atom is -0.545 e. The van der Waals surface area contributed by atoms with Crippen molar-refractivity contribution in [3.05, 3.63) is 22.9 Å². The molecule has 0 amide bonds. The van der Waals surface area contributed by atoms with Crippen LogP contribution >= 0.6 is 0 Å². The van der Waals surface area contributed by atoms with Crippen molar-refractivity contribution in [1.29, 1.82) is 0 Å². The summed E-state index contributed by atoms with van der Waals surface area (Å²) >= 11 is 0. The van der Waals surface area contributed by atoms with Gasteiger partial charge >= 0.3 is 11.9 Å². The number of anilines is 2. The van der Waals surface area contributed by atoms with Gasteiger partial charge in [0.2, 0.25) is 5.82 Å². The van der Waals surface area contributed by atoms with Crippen LogP contribution in [0, 0.1) is 12.8 Å². The van der Waals surface area contributed by atoms with Crippen LogP contribution in [0.25, 0.3) is 5.52 Å². The number of fused-ring (bicyclic) bond motifs is 3. The standard InChI is InChI=1S/C19H26N4O3/c1-8-12-9-22-14(13(11(12)4)16(24)25)15-20-19(5,10(2)3)17(26)23(15)18(22)21(6)7/h9-10,20H,8H2,1-7H3. The summed E-state index contributed by atoms with van der Waals surface area (Å²) < 4.78 is 3.39. The molecule has 0 aliphatic carbocycles. The summed E-state index contributed by atoms with van der Waals surface area (Å²) in [5.41, 5.74) is 1.40. The zero-order valence-corrected chi connectivity index (χ0v) is 16.4. The molecule has 7 heteroatoms. The fourth-order valence-electron chi connectivity index (χ4n) is 3.73. The summed E-state index contributed by atoms with van der Waals surface area (Å²) in [4.78, 5) is 27.1. The Kier molecular flexibility index (Phi) is 4.01. The molecule has 140 valence electrons. The van der Waals surface area contributed by atoms with Gasteiger partial charge in [0.25, 0.3) is 0 Å². The van der Waals surface area contributed by atoms with Gasteiger partial charge in [0.15, 0.2) is 5.52 Å². The fraction of sp³-hybridized carbons (Fsp3) is 0.526. The summed E-state index contributed by atoms with van der Waals surface area (Å²) in [6.07, 6.45) is 2.60. The van der Waals surface area contributed by atoms with Gasteiger partial charge in [-0.3, -0.25) is 9.69 Å². The van der Waals surface area contributed by atoms with E-state index in [1.54, 1.807) is 15.9 Å². The maximum absolute atomic E-state index is 13.3. The number of aryl methyl sites for hydroxylation is 1. The number of aromatic carboxylic acids is 1. The van der Waals surface area contributed by atoms with E-state index >= 15 is 0 Å². The minimum atomic E-state index is -1.23. The SMILES string of the molecule is CCc1c[n+]2c(N(C)C)n3c(c2c(C(=O)[O-])c1C)NC(C)(C(C)C)C3=O. The smallest absolute Gasteiger partial charge is 0.373 e. The predicted octanol–water partition coefficient (Wildman–Crippen LogP) is 1.01. The number of nitrogens with one attached hydrogen (secondary N) is 1. The predicted molar refractivity (Wildman–Crippen MR) is 97.9 cm³/mol. The number of pyridine rings is 1. The van der Waals surface area contributed by atoms with Crippen LogP contribution in [0.3, 0.4) is 0 Å². The first-order chi connectivity index (χ1) is 12.1. The van der Waals surface area contributed by atoms with E-state index in [0.717, 1.165) is 5.56 Å². The number of rotatable bonds is 4. The first-order valence-electron chi connectivity index (χ1n) is 8.90. The number of carboxylic acid groups (broad SMARTS) is 1. The number of carboxylic acids is 1. The largest absolute Gasteiger partial charge is 0.545 e. The number of hydrogen-bond donors (Lipinski definition) is 1. The first-order valence-corrected chi connectivity index (χ1v) is 8.90. The zero-order chi connectivity index (χ0) is 19.5. The van der Waals surface area contributed by atoms with Crippen molar-refractivity contribution in [3.63, 3.8) is 0 Å². The summed E-state index contributed by atoms with van der Waals surface area (Å²) in [6.45, 7) is 9.58. The number of hydrogen-bond acceptors (Lipinski definition) is 5. The van der Waals surface area contributed by atoms with Gasteiger partial charge < -0.3 is 15.2 Å². The average molecular weight is 358 g/mol. The average Bonchev–Trinajstić information content (AvgIpc) is 2.99. The van der Waals surface area contributed by atoms with E-state index in [0.29, 0.717) is 29.3 Å². The van der Waals surface area contributed by atoms with Crippen molar-refractivity contribution in [3.8, 4) is 0 Å². The molecule has 3 rings (SSSR count). The molecule has 0 bridgehead atoms. The fourth-order valence-corrected chi connectivity index (χ4v) is 3.73. The Morgan fingerprint density at radius 2 is 2.04 bits per heavy atom. The van der Waals surface area contributed by atoms with Crippen molar-refractivity contribution in [2.24, 2.45) is 5.92 Å². The molecule has 1 unspecified atom stereocenters. The van der Waals surface area contributed by atoms with E-state index < -0.39 is 11.5 Å². The minimum absolute atomic E-state index is 0.0346. The third-order valence-electron chi connectivity index (χ3n) is 5.65. The maximum Gasteiger partial charge on any atom is 0.373 e. The number of aromatic nitrogens is 2. The Morgan fingerprint density at radius 1 is 1.42 bits per heavy atom. The molecule has 1 aliphatic heterocycles. The van der Waals surface area contributed by atoms with Crippen LogP contribution < -0.4 is 19.7 Å². The lowest BCUT2D eigenvalue weighted by Gasteiger charge is -2.26. The Bertz CT molecular complexity index is 942. The zero-order valence-electron chi connectivity index (χ0n) is 16.4. The van der Waals surface area contributed by atoms with E-state index in [1.165, 1.54) is 0 Å². The highest BCUT2D eigenvalue weighted by Crippen LogP contribution is 2.39. The molecular formula is C19H26N4O3. The maximum atomic E-state index is 13.3. The van der Waals surface area contributed by atoms with E-state index in [-0.39, 0.29) is 17.4 Å². The molecule has 1 aliphatic rings. The van der Waals surface area contributed by atoms with Gasteiger partial charge in [0.05, 0.1) is 26.3 Å². The molecule has 2 aromatic rings. The van der Waals surface area contributed by atoms with E-state index in [2.05, 4.69) is 5.32 Å². The Morgan fingerprint density at radius 3 is 2.50 bits per heavy atom. The molecule has 3 heterocycles. The molecule has 0 fully saturated rings. The second-order valence-corrected chi connectivity index (χ2v) is 7.68. The lowest BCUT2D eigenvalue weighted by molar-refractivity contribution is -0.498. The number of imidazole rings is 1. The molecule has 0 radical (unpaired) electrons. The van der Waals surface area contributed by atoms with Crippen molar-refractivity contribution < 1.29 is 19.1 Å². The molecule has 1 atom stereocenters. The van der Waals surface area contributed by atoms with Crippen LogP contribution in [0.1, 0.15) is 54.0 Å². The van der Waals surface area contributed by atoms with Gasteiger partial charge in [-0.2, -0.15) is 4.40 Å². The van der Waals surface area contributed by atoms with Gasteiger partial charge in [0, 0.05) is 5.56 Å². The highest BCUT2D eigenvalue weighted by molar-refractivity contribution is 6.07. The van der Waals surface area contributed by atoms with Crippen molar-refractivity contribution in [1.82, 2.24) is 4.57 Å². The van der Waals surface area contributed by atoms with Gasteiger partial charge in [-0.05, 0) is 37.3 Å². The third-order valence-corrected chi connectivity index (χ3v) is 5.65. The molecule has 0 spiro atoms. The van der Waals surface area contributed by atoms with Crippen LogP contribution in [-0.2, 0) is 6.42 Å². The summed E-state index contributed by atoms with van der Waals surface area (Å²) in [5, 5.41) is 15.3. The number of carbonyl (C=O) groups is 2. The lowest BCUT2D eigenvalue weighted by atomic mass is 9.88. The molecular weight excluding hydrogens is 332 g/mol. The van der Waals surface area contributed by atoms with Crippen LogP contribution in [0.4, 0.5) is 11.8 Å². The van der Waals surface area contributed by atoms with Gasteiger partial charge in [-0.1, -0.05) is 20.8 Å². The van der Waals surface area contributed by atoms with Crippen molar-refractivity contribution in [2.75, 3.05) is 24.3 Å². The quantitative estimate of drug-likeness (QED) is 0.825. The normalized spacial score (nSPS) is 19.2. The molecule has 0 saturated heterocycles. The molecule has 0 saturated carbocycles. The second-order valence-electron chi connectivity index (χ2n) is 7.68. The second kappa shape index (κ2) is 5.72. The molecule has 1 N–H and O–H groups in total. The highest BCUT2D eigenvalue weighted by atomic mass is 16.4. The summed E-state index contributed by atoms with van der Waals surface area (Å²) in [6, 6.07) is 0. The van der Waals surface area contributed by atoms with Crippen LogP contribution in [-0.4, -0.2) is 36.1 Å². The third kappa shape index (κ3) is 2.15. The highest BCUT2D eigenvalue weighted by Gasteiger charge is 2.52. The van der Waals surface area contributed by atoms with Crippen LogP contribution in [0.15, 0.2) is 6.20 Å². The van der Waals surface area contributed by atoms with Crippen molar-refractivity contribution in [2.45, 2.75) is 46.6 Å². The van der Waals surface area contributed by atoms with Crippen LogP contribution in [0.5, 0.6) is 0 Å². The topological polar surface area (TPSA) is 81.5 Å². The Hall–Kier alpha value is -2.57. The van der Waals surface area contributed by atoms with Gasteiger partial charge in [-0.25, -0.2) is 0 Å². The van der Waals surface area contributed by atoms with Crippen molar-refractivity contribution >= 4 is 29.2 Å². The van der Waals surface area contributed by atoms with E-state index in [9.17, 15) is 14.7 Å². The summed E-state index contributed by atoms with van der Waals surface area (Å²) in [5.74, 6) is -0.155. The summed E-state index contributed by atoms with van der Waals surface area (Å²) in [7, 11) is 3.69. The molecule has 26 heavy (non-hydrogen) atoms. The molecule has 2 aromatic heterocycles. The number of carbonyl (C=O) groups excluding carboxylic acids is 2. The monoisotopic (exact) mass is 358 g/mol. The van der Waals surface area contributed by atoms with E-state index in [4.69, 9.17) is 0 Å². The Balaban J connectivity index is 2.51. The number of nitrogens with zero attached hydrogens (tertiary/aromatic N) is 3. The lowest BCUT2D eigenvalue weighted by Crippen LogP contribution is -2.46. The van der Waals surface area contributed by atoms with Crippen LogP contribution in [0.2, 0.25) is 0 Å². The molecule has 0 aromatic carbocycles. The first kappa shape index (κ1) is 18.2.